The minimum atomic E-state index is -0.00657. The summed E-state index contributed by atoms with van der Waals surface area (Å²) >= 11 is 0. The van der Waals surface area contributed by atoms with Crippen LogP contribution in [0.25, 0.3) is 0 Å². The minimum absolute atomic E-state index is 0.00657. The second-order valence-corrected chi connectivity index (χ2v) is 5.86. The Morgan fingerprint density at radius 1 is 1.42 bits per heavy atom. The number of hydrogen-bond acceptors (Lipinski definition) is 4. The van der Waals surface area contributed by atoms with Gasteiger partial charge in [-0.25, -0.2) is 0 Å². The van der Waals surface area contributed by atoms with Gasteiger partial charge in [-0.3, -0.25) is 4.90 Å². The first-order chi connectivity index (χ1) is 8.99. The van der Waals surface area contributed by atoms with E-state index in [1.54, 1.807) is 0 Å². The summed E-state index contributed by atoms with van der Waals surface area (Å²) in [7, 11) is 2.12. The highest BCUT2D eigenvalue weighted by Gasteiger charge is 2.37. The third-order valence-corrected chi connectivity index (χ3v) is 3.97. The van der Waals surface area contributed by atoms with Crippen LogP contribution in [0.2, 0.25) is 0 Å². The zero-order chi connectivity index (χ0) is 14.0. The Hall–Kier alpha value is -1.57. The molecule has 1 saturated heterocycles. The molecular weight excluding hydrogens is 236 g/mol. The Morgan fingerprint density at radius 3 is 2.74 bits per heavy atom. The molecule has 1 unspecified atom stereocenters. The van der Waals surface area contributed by atoms with Crippen molar-refractivity contribution in [3.05, 3.63) is 29.8 Å². The van der Waals surface area contributed by atoms with Crippen molar-refractivity contribution in [3.63, 3.8) is 0 Å². The van der Waals surface area contributed by atoms with E-state index in [9.17, 15) is 5.26 Å². The highest BCUT2D eigenvalue weighted by Crippen LogP contribution is 2.31. The van der Waals surface area contributed by atoms with Crippen LogP contribution in [-0.2, 0) is 0 Å². The van der Waals surface area contributed by atoms with Gasteiger partial charge in [-0.2, -0.15) is 5.26 Å². The second kappa shape index (κ2) is 5.20. The van der Waals surface area contributed by atoms with E-state index in [1.165, 1.54) is 0 Å². The molecule has 0 aliphatic carbocycles. The quantitative estimate of drug-likeness (QED) is 0.871. The van der Waals surface area contributed by atoms with Crippen LogP contribution in [0, 0.1) is 11.3 Å². The molecule has 1 fully saturated rings. The Kier molecular flexibility index (Phi) is 3.79. The Bertz CT molecular complexity index is 489. The third kappa shape index (κ3) is 2.58. The molecule has 0 amide bonds. The van der Waals surface area contributed by atoms with Gasteiger partial charge in [0.15, 0.2) is 0 Å². The number of nitriles is 1. The van der Waals surface area contributed by atoms with Gasteiger partial charge in [0.05, 0.1) is 11.3 Å². The molecule has 102 valence electrons. The molecule has 1 aromatic rings. The first-order valence-electron chi connectivity index (χ1n) is 6.66. The maximum absolute atomic E-state index is 9.28. The van der Waals surface area contributed by atoms with Gasteiger partial charge < -0.3 is 10.6 Å². The van der Waals surface area contributed by atoms with Crippen LogP contribution in [0.4, 0.5) is 5.69 Å². The summed E-state index contributed by atoms with van der Waals surface area (Å²) in [5, 5.41) is 9.28. The van der Waals surface area contributed by atoms with Crippen LogP contribution in [0.5, 0.6) is 0 Å². The number of para-hydroxylation sites is 1. The van der Waals surface area contributed by atoms with Gasteiger partial charge in [0.1, 0.15) is 6.07 Å². The van der Waals surface area contributed by atoms with Crippen molar-refractivity contribution in [1.82, 2.24) is 4.90 Å². The standard InChI is InChI=1S/C15H22N4/c1-15(2)11-18(3)13(9-17)10-19(15)14-7-5-4-6-12(14)8-16/h4-7,13H,9-11,17H2,1-3H3. The summed E-state index contributed by atoms with van der Waals surface area (Å²) < 4.78 is 0. The molecule has 1 heterocycles. The van der Waals surface area contributed by atoms with E-state index in [4.69, 9.17) is 5.73 Å². The maximum atomic E-state index is 9.28. The highest BCUT2D eigenvalue weighted by atomic mass is 15.3. The van der Waals surface area contributed by atoms with Gasteiger partial charge in [0, 0.05) is 31.2 Å². The van der Waals surface area contributed by atoms with Gasteiger partial charge in [-0.05, 0) is 33.0 Å². The smallest absolute Gasteiger partial charge is 0.101 e. The number of benzene rings is 1. The summed E-state index contributed by atoms with van der Waals surface area (Å²) in [6, 6.07) is 10.4. The summed E-state index contributed by atoms with van der Waals surface area (Å²) in [5.41, 5.74) is 7.60. The van der Waals surface area contributed by atoms with Gasteiger partial charge >= 0.3 is 0 Å². The zero-order valence-corrected chi connectivity index (χ0v) is 11.9. The van der Waals surface area contributed by atoms with E-state index in [0.717, 1.165) is 24.3 Å². The first kappa shape index (κ1) is 13.9. The van der Waals surface area contributed by atoms with E-state index in [1.807, 2.05) is 24.3 Å². The Morgan fingerprint density at radius 2 is 2.11 bits per heavy atom. The predicted octanol–water partition coefficient (Wildman–Crippen LogP) is 1.42. The van der Waals surface area contributed by atoms with E-state index in [0.29, 0.717) is 12.6 Å². The molecular formula is C15H22N4. The zero-order valence-electron chi connectivity index (χ0n) is 11.9. The van der Waals surface area contributed by atoms with E-state index < -0.39 is 0 Å². The molecule has 4 nitrogen and oxygen atoms in total. The Balaban J connectivity index is 2.39. The van der Waals surface area contributed by atoms with Crippen LogP contribution in [-0.4, -0.2) is 43.2 Å². The summed E-state index contributed by atoms with van der Waals surface area (Å²) in [5.74, 6) is 0. The highest BCUT2D eigenvalue weighted by molar-refractivity contribution is 5.61. The average molecular weight is 258 g/mol. The molecule has 0 aromatic heterocycles. The summed E-state index contributed by atoms with van der Waals surface area (Å²) in [4.78, 5) is 4.63. The normalized spacial score (nSPS) is 23.1. The van der Waals surface area contributed by atoms with E-state index in [2.05, 4.69) is 36.8 Å². The predicted molar refractivity (Wildman–Crippen MR) is 78.1 cm³/mol. The van der Waals surface area contributed by atoms with Gasteiger partial charge in [0.2, 0.25) is 0 Å². The number of rotatable bonds is 2. The molecule has 1 atom stereocenters. The lowest BCUT2D eigenvalue weighted by Gasteiger charge is -2.51. The van der Waals surface area contributed by atoms with Crippen molar-refractivity contribution < 1.29 is 0 Å². The average Bonchev–Trinajstić information content (AvgIpc) is 2.38. The number of nitrogens with two attached hydrogens (primary N) is 1. The fourth-order valence-corrected chi connectivity index (χ4v) is 2.90. The second-order valence-electron chi connectivity index (χ2n) is 5.86. The van der Waals surface area contributed by atoms with Crippen molar-refractivity contribution in [3.8, 4) is 6.07 Å². The monoisotopic (exact) mass is 258 g/mol. The SMILES string of the molecule is CN1CC(C)(C)N(c2ccccc2C#N)CC1CN. The van der Waals surface area contributed by atoms with E-state index >= 15 is 0 Å². The molecule has 1 aliphatic rings. The number of likely N-dealkylation sites (N-methyl/N-ethyl adjacent to an activating group) is 1. The summed E-state index contributed by atoms with van der Waals surface area (Å²) in [6.45, 7) is 6.86. The molecule has 0 radical (unpaired) electrons. The summed E-state index contributed by atoms with van der Waals surface area (Å²) in [6.07, 6.45) is 0. The lowest BCUT2D eigenvalue weighted by molar-refractivity contribution is 0.155. The van der Waals surface area contributed by atoms with E-state index in [-0.39, 0.29) is 5.54 Å². The van der Waals surface area contributed by atoms with Crippen LogP contribution >= 0.6 is 0 Å². The molecule has 2 rings (SSSR count). The fourth-order valence-electron chi connectivity index (χ4n) is 2.90. The minimum Gasteiger partial charge on any atom is -0.362 e. The van der Waals surface area contributed by atoms with Gasteiger partial charge in [-0.15, -0.1) is 0 Å². The van der Waals surface area contributed by atoms with Crippen LogP contribution in [0.3, 0.4) is 0 Å². The number of nitrogens with zero attached hydrogens (tertiary/aromatic N) is 3. The molecule has 19 heavy (non-hydrogen) atoms. The lowest BCUT2D eigenvalue weighted by atomic mass is 9.94. The molecule has 0 saturated carbocycles. The van der Waals surface area contributed by atoms with Crippen molar-refractivity contribution in [2.75, 3.05) is 31.6 Å². The van der Waals surface area contributed by atoms with Crippen LogP contribution in [0.1, 0.15) is 19.4 Å². The molecule has 0 spiro atoms. The van der Waals surface area contributed by atoms with Crippen LogP contribution in [0.15, 0.2) is 24.3 Å². The molecule has 1 aliphatic heterocycles. The first-order valence-corrected chi connectivity index (χ1v) is 6.66. The topological polar surface area (TPSA) is 56.3 Å². The van der Waals surface area contributed by atoms with Crippen LogP contribution < -0.4 is 10.6 Å². The fraction of sp³-hybridized carbons (Fsp3) is 0.533. The van der Waals surface area contributed by atoms with Crippen molar-refractivity contribution in [2.45, 2.75) is 25.4 Å². The molecule has 2 N–H and O–H groups in total. The Labute approximate surface area is 115 Å². The molecule has 0 bridgehead atoms. The van der Waals surface area contributed by atoms with Crippen molar-refractivity contribution in [1.29, 1.82) is 5.26 Å². The number of piperazine rings is 1. The number of hydrogen-bond donors (Lipinski definition) is 1. The molecule has 4 heteroatoms. The van der Waals surface area contributed by atoms with Gasteiger partial charge in [-0.1, -0.05) is 12.1 Å². The lowest BCUT2D eigenvalue weighted by Crippen LogP contribution is -2.64. The van der Waals surface area contributed by atoms with Gasteiger partial charge in [0.25, 0.3) is 0 Å². The maximum Gasteiger partial charge on any atom is 0.101 e. The van der Waals surface area contributed by atoms with Crippen molar-refractivity contribution >= 4 is 5.69 Å². The molecule has 1 aromatic carbocycles. The van der Waals surface area contributed by atoms with Crippen molar-refractivity contribution in [2.24, 2.45) is 5.73 Å². The number of anilines is 1. The third-order valence-electron chi connectivity index (χ3n) is 3.97. The largest absolute Gasteiger partial charge is 0.362 e.